The van der Waals surface area contributed by atoms with Crippen LogP contribution in [-0.2, 0) is 25.9 Å². The van der Waals surface area contributed by atoms with E-state index in [-0.39, 0.29) is 27.0 Å². The summed E-state index contributed by atoms with van der Waals surface area (Å²) in [5.41, 5.74) is 0.824. The van der Waals surface area contributed by atoms with Gasteiger partial charge in [0.25, 0.3) is 5.91 Å². The molecule has 0 saturated heterocycles. The van der Waals surface area contributed by atoms with Crippen LogP contribution in [0.15, 0.2) is 24.3 Å². The van der Waals surface area contributed by atoms with E-state index in [0.717, 1.165) is 5.56 Å². The van der Waals surface area contributed by atoms with E-state index in [0.29, 0.717) is 6.54 Å². The zero-order valence-electron chi connectivity index (χ0n) is 7.83. The van der Waals surface area contributed by atoms with Gasteiger partial charge in [-0.2, -0.15) is 30.3 Å². The molecule has 1 aromatic rings. The van der Waals surface area contributed by atoms with Gasteiger partial charge in [-0.1, -0.05) is 11.5 Å². The van der Waals surface area contributed by atoms with Crippen LogP contribution in [0.5, 0.6) is 0 Å². The van der Waals surface area contributed by atoms with Crippen LogP contribution in [0, 0.1) is 17.9 Å². The third-order valence-corrected chi connectivity index (χ3v) is 1.38. The van der Waals surface area contributed by atoms with Gasteiger partial charge in [-0.05, 0) is 12.8 Å². The summed E-state index contributed by atoms with van der Waals surface area (Å²) in [6.45, 7) is 2.47. The smallest absolute Gasteiger partial charge is 0.296 e. The van der Waals surface area contributed by atoms with E-state index in [1.54, 1.807) is 12.1 Å². The standard InChI is InChI=1S/C11H10NO.W/c1-2-12-11(13)9-8-10-6-4-3-5-7-10;/h4-7H,2H2,1H3,(H,12,13);/q-1;. The molecule has 0 spiro atoms. The minimum Gasteiger partial charge on any atom is -0.346 e. The molecule has 0 saturated carbocycles. The molecular weight excluding hydrogens is 346 g/mol. The maximum Gasteiger partial charge on any atom is 0.296 e. The van der Waals surface area contributed by atoms with Crippen molar-refractivity contribution >= 4 is 5.91 Å². The molecule has 2 nitrogen and oxygen atoms in total. The van der Waals surface area contributed by atoms with Crippen LogP contribution in [0.25, 0.3) is 0 Å². The van der Waals surface area contributed by atoms with E-state index in [9.17, 15) is 4.79 Å². The van der Waals surface area contributed by atoms with Crippen LogP contribution < -0.4 is 5.32 Å². The number of benzene rings is 1. The van der Waals surface area contributed by atoms with Gasteiger partial charge in [-0.25, -0.2) is 0 Å². The van der Waals surface area contributed by atoms with Gasteiger partial charge in [-0.3, -0.25) is 4.79 Å². The monoisotopic (exact) mass is 356 g/mol. The summed E-state index contributed by atoms with van der Waals surface area (Å²) in [5.74, 6) is 4.99. The summed E-state index contributed by atoms with van der Waals surface area (Å²) in [6.07, 6.45) is 0. The Morgan fingerprint density at radius 1 is 1.50 bits per heavy atom. The maximum atomic E-state index is 10.9. The van der Waals surface area contributed by atoms with E-state index in [1.807, 2.05) is 19.1 Å². The molecule has 1 rings (SSSR count). The van der Waals surface area contributed by atoms with Crippen LogP contribution >= 0.6 is 0 Å². The largest absolute Gasteiger partial charge is 0.346 e. The molecule has 72 valence electrons. The SMILES string of the molecule is CCNC(=O)C#Cc1cc[c-]cc1.[W]. The number of carbonyl (C=O) groups excluding carboxylic acids is 1. The zero-order chi connectivity index (χ0) is 9.52. The van der Waals surface area contributed by atoms with Crippen molar-refractivity contribution in [3.8, 4) is 11.8 Å². The molecule has 0 aliphatic carbocycles. The van der Waals surface area contributed by atoms with Crippen molar-refractivity contribution in [2.45, 2.75) is 6.92 Å². The van der Waals surface area contributed by atoms with Crippen LogP contribution in [0.4, 0.5) is 0 Å². The fourth-order valence-corrected chi connectivity index (χ4v) is 0.804. The molecule has 0 unspecified atom stereocenters. The van der Waals surface area contributed by atoms with Gasteiger partial charge in [0.2, 0.25) is 0 Å². The molecule has 1 aromatic carbocycles. The summed E-state index contributed by atoms with van der Waals surface area (Å²) < 4.78 is 0. The number of amides is 1. The second-order valence-corrected chi connectivity index (χ2v) is 2.40. The van der Waals surface area contributed by atoms with E-state index in [1.165, 1.54) is 0 Å². The van der Waals surface area contributed by atoms with Gasteiger partial charge >= 0.3 is 0 Å². The predicted molar refractivity (Wildman–Crippen MR) is 50.8 cm³/mol. The minimum atomic E-state index is -0.240. The molecule has 0 atom stereocenters. The van der Waals surface area contributed by atoms with Crippen molar-refractivity contribution < 1.29 is 25.9 Å². The Kier molecular flexibility index (Phi) is 6.79. The van der Waals surface area contributed by atoms with E-state index < -0.39 is 0 Å². The topological polar surface area (TPSA) is 29.1 Å². The second kappa shape index (κ2) is 7.35. The minimum absolute atomic E-state index is 0. The molecule has 0 fully saturated rings. The molecule has 0 bridgehead atoms. The molecule has 0 aromatic heterocycles. The average molecular weight is 356 g/mol. The summed E-state index contributed by atoms with van der Waals surface area (Å²) >= 11 is 0. The Hall–Kier alpha value is -1.06. The van der Waals surface area contributed by atoms with Gasteiger partial charge in [0, 0.05) is 27.6 Å². The number of hydrogen-bond acceptors (Lipinski definition) is 1. The third-order valence-electron chi connectivity index (χ3n) is 1.38. The number of rotatable bonds is 1. The quantitative estimate of drug-likeness (QED) is 0.590. The van der Waals surface area contributed by atoms with Gasteiger partial charge in [-0.15, -0.1) is 0 Å². The first-order chi connectivity index (χ1) is 6.33. The van der Waals surface area contributed by atoms with E-state index in [4.69, 9.17) is 0 Å². The number of nitrogens with one attached hydrogen (secondary N) is 1. The Labute approximate surface area is 98.4 Å². The van der Waals surface area contributed by atoms with Crippen molar-refractivity contribution in [1.29, 1.82) is 0 Å². The van der Waals surface area contributed by atoms with Gasteiger partial charge in [0.05, 0.1) is 0 Å². The van der Waals surface area contributed by atoms with Gasteiger partial charge in [0.1, 0.15) is 0 Å². The Morgan fingerprint density at radius 3 is 2.71 bits per heavy atom. The fraction of sp³-hybridized carbons (Fsp3) is 0.182. The Morgan fingerprint density at radius 2 is 2.14 bits per heavy atom. The molecule has 0 heterocycles. The van der Waals surface area contributed by atoms with Crippen molar-refractivity contribution in [1.82, 2.24) is 5.32 Å². The average Bonchev–Trinajstić information content (AvgIpc) is 2.17. The first kappa shape index (κ1) is 12.9. The second-order valence-electron chi connectivity index (χ2n) is 2.40. The molecule has 14 heavy (non-hydrogen) atoms. The summed E-state index contributed by atoms with van der Waals surface area (Å²) in [4.78, 5) is 10.9. The van der Waals surface area contributed by atoms with Crippen molar-refractivity contribution in [3.63, 3.8) is 0 Å². The van der Waals surface area contributed by atoms with E-state index >= 15 is 0 Å². The van der Waals surface area contributed by atoms with Crippen molar-refractivity contribution in [3.05, 3.63) is 35.9 Å². The van der Waals surface area contributed by atoms with Crippen LogP contribution in [-0.4, -0.2) is 12.5 Å². The van der Waals surface area contributed by atoms with Crippen LogP contribution in [0.2, 0.25) is 0 Å². The predicted octanol–water partition coefficient (Wildman–Crippen LogP) is 0.972. The molecular formula is C11H10NOW-. The number of carbonyl (C=O) groups is 1. The molecule has 3 heteroatoms. The first-order valence-electron chi connectivity index (χ1n) is 4.09. The molecule has 0 aliphatic rings. The Bertz CT molecular complexity index is 337. The maximum absolute atomic E-state index is 10.9. The third kappa shape index (κ3) is 4.84. The zero-order valence-corrected chi connectivity index (χ0v) is 10.8. The summed E-state index contributed by atoms with van der Waals surface area (Å²) in [7, 11) is 0. The van der Waals surface area contributed by atoms with Crippen LogP contribution in [0.3, 0.4) is 0 Å². The molecule has 0 aliphatic heterocycles. The van der Waals surface area contributed by atoms with Crippen molar-refractivity contribution in [2.24, 2.45) is 0 Å². The molecule has 1 amide bonds. The van der Waals surface area contributed by atoms with Crippen molar-refractivity contribution in [2.75, 3.05) is 6.54 Å². The van der Waals surface area contributed by atoms with Crippen LogP contribution in [0.1, 0.15) is 12.5 Å². The van der Waals surface area contributed by atoms with Gasteiger partial charge in [0.15, 0.2) is 0 Å². The molecule has 1 N–H and O–H groups in total. The Balaban J connectivity index is 0.00000169. The summed E-state index contributed by atoms with van der Waals surface area (Å²) in [5, 5.41) is 2.60. The first-order valence-corrected chi connectivity index (χ1v) is 4.09. The fourth-order valence-electron chi connectivity index (χ4n) is 0.804. The normalized spacial score (nSPS) is 7.79. The van der Waals surface area contributed by atoms with E-state index in [2.05, 4.69) is 23.2 Å². The molecule has 0 radical (unpaired) electrons. The van der Waals surface area contributed by atoms with Gasteiger partial charge < -0.3 is 5.32 Å². The number of hydrogen-bond donors (Lipinski definition) is 1. The summed E-state index contributed by atoms with van der Waals surface area (Å²) in [6, 6.07) is 10.0.